The maximum atomic E-state index is 10.7. The third-order valence-corrected chi connectivity index (χ3v) is 4.12. The van der Waals surface area contributed by atoms with Crippen LogP contribution in [-0.4, -0.2) is 17.5 Å². The molecule has 0 fully saturated rings. The molecule has 0 aliphatic rings. The van der Waals surface area contributed by atoms with Crippen LogP contribution in [0.15, 0.2) is 22.7 Å². The van der Waals surface area contributed by atoms with Crippen molar-refractivity contribution in [1.29, 1.82) is 0 Å². The van der Waals surface area contributed by atoms with Crippen LogP contribution in [0.4, 0.5) is 5.69 Å². The molecule has 19 heavy (non-hydrogen) atoms. The van der Waals surface area contributed by atoms with Gasteiger partial charge in [0, 0.05) is 22.6 Å². The van der Waals surface area contributed by atoms with E-state index >= 15 is 0 Å². The predicted octanol–water partition coefficient (Wildman–Crippen LogP) is 3.92. The molecule has 0 aliphatic heterocycles. The molecule has 2 atom stereocenters. The normalized spacial score (nSPS) is 14.1. The van der Waals surface area contributed by atoms with E-state index in [9.17, 15) is 10.1 Å². The lowest BCUT2D eigenvalue weighted by molar-refractivity contribution is -0.384. The number of benzene rings is 1. The average Bonchev–Trinajstić information content (AvgIpc) is 2.37. The van der Waals surface area contributed by atoms with Gasteiger partial charge in [0.1, 0.15) is 0 Å². The molecule has 0 aromatic heterocycles. The first kappa shape index (κ1) is 16.1. The minimum atomic E-state index is -0.370. The van der Waals surface area contributed by atoms with Gasteiger partial charge in [-0.1, -0.05) is 42.8 Å². The molecular weight excluding hydrogens is 308 g/mol. The molecule has 0 saturated carbocycles. The molecule has 106 valence electrons. The Kier molecular flexibility index (Phi) is 6.45. The van der Waals surface area contributed by atoms with Gasteiger partial charge in [-0.3, -0.25) is 10.1 Å². The minimum Gasteiger partial charge on any atom is -0.314 e. The quantitative estimate of drug-likeness (QED) is 0.609. The SMILES string of the molecule is CCNC(CC)C(C)Cc1ccc([N+](=O)[O-])cc1Br. The fourth-order valence-corrected chi connectivity index (χ4v) is 2.84. The van der Waals surface area contributed by atoms with E-state index in [1.165, 1.54) is 0 Å². The summed E-state index contributed by atoms with van der Waals surface area (Å²) in [5.41, 5.74) is 1.25. The van der Waals surface area contributed by atoms with Crippen molar-refractivity contribution in [3.63, 3.8) is 0 Å². The van der Waals surface area contributed by atoms with Gasteiger partial charge in [-0.2, -0.15) is 0 Å². The van der Waals surface area contributed by atoms with Gasteiger partial charge in [0.15, 0.2) is 0 Å². The van der Waals surface area contributed by atoms with E-state index in [1.807, 2.05) is 6.07 Å². The van der Waals surface area contributed by atoms with Crippen LogP contribution in [0.25, 0.3) is 0 Å². The molecule has 0 bridgehead atoms. The molecule has 5 heteroatoms. The Morgan fingerprint density at radius 3 is 2.58 bits per heavy atom. The molecule has 4 nitrogen and oxygen atoms in total. The summed E-state index contributed by atoms with van der Waals surface area (Å²) < 4.78 is 0.819. The third-order valence-electron chi connectivity index (χ3n) is 3.38. The summed E-state index contributed by atoms with van der Waals surface area (Å²) in [5.74, 6) is 0.489. The van der Waals surface area contributed by atoms with Gasteiger partial charge in [-0.15, -0.1) is 0 Å². The smallest absolute Gasteiger partial charge is 0.270 e. The first-order chi connectivity index (χ1) is 8.99. The van der Waals surface area contributed by atoms with Crippen molar-refractivity contribution in [3.8, 4) is 0 Å². The zero-order valence-corrected chi connectivity index (χ0v) is 13.2. The fourth-order valence-electron chi connectivity index (χ4n) is 2.31. The van der Waals surface area contributed by atoms with E-state index < -0.39 is 0 Å². The van der Waals surface area contributed by atoms with Crippen molar-refractivity contribution in [3.05, 3.63) is 38.3 Å². The molecule has 1 rings (SSSR count). The summed E-state index contributed by atoms with van der Waals surface area (Å²) in [6, 6.07) is 5.47. The number of nitro benzene ring substituents is 1. The van der Waals surface area contributed by atoms with Crippen LogP contribution >= 0.6 is 15.9 Å². The highest BCUT2D eigenvalue weighted by molar-refractivity contribution is 9.10. The predicted molar refractivity (Wildman–Crippen MR) is 81.4 cm³/mol. The highest BCUT2D eigenvalue weighted by Crippen LogP contribution is 2.26. The van der Waals surface area contributed by atoms with Crippen molar-refractivity contribution in [1.82, 2.24) is 5.32 Å². The number of nitro groups is 1. The van der Waals surface area contributed by atoms with Crippen molar-refractivity contribution in [2.75, 3.05) is 6.54 Å². The first-order valence-corrected chi connectivity index (χ1v) is 7.45. The Hall–Kier alpha value is -0.940. The lowest BCUT2D eigenvalue weighted by Crippen LogP contribution is -2.35. The van der Waals surface area contributed by atoms with Crippen LogP contribution in [0.1, 0.15) is 32.8 Å². The highest BCUT2D eigenvalue weighted by atomic mass is 79.9. The maximum absolute atomic E-state index is 10.7. The van der Waals surface area contributed by atoms with E-state index in [-0.39, 0.29) is 10.6 Å². The van der Waals surface area contributed by atoms with E-state index in [4.69, 9.17) is 0 Å². The van der Waals surface area contributed by atoms with Gasteiger partial charge in [-0.05, 0) is 30.9 Å². The van der Waals surface area contributed by atoms with Gasteiger partial charge in [0.05, 0.1) is 4.92 Å². The van der Waals surface area contributed by atoms with Gasteiger partial charge in [0.25, 0.3) is 5.69 Å². The Balaban J connectivity index is 2.79. The number of nitrogens with zero attached hydrogens (tertiary/aromatic N) is 1. The zero-order valence-electron chi connectivity index (χ0n) is 11.6. The van der Waals surface area contributed by atoms with Crippen LogP contribution in [-0.2, 0) is 6.42 Å². The summed E-state index contributed by atoms with van der Waals surface area (Å²) in [7, 11) is 0. The maximum Gasteiger partial charge on any atom is 0.270 e. The van der Waals surface area contributed by atoms with E-state index in [0.29, 0.717) is 12.0 Å². The topological polar surface area (TPSA) is 55.2 Å². The van der Waals surface area contributed by atoms with Gasteiger partial charge < -0.3 is 5.32 Å². The molecule has 0 heterocycles. The minimum absolute atomic E-state index is 0.127. The van der Waals surface area contributed by atoms with Crippen LogP contribution < -0.4 is 5.32 Å². The molecule has 1 aromatic carbocycles. The van der Waals surface area contributed by atoms with Gasteiger partial charge in [0.2, 0.25) is 0 Å². The number of hydrogen-bond acceptors (Lipinski definition) is 3. The number of halogens is 1. The fraction of sp³-hybridized carbons (Fsp3) is 0.571. The number of non-ortho nitro benzene ring substituents is 1. The molecule has 1 N–H and O–H groups in total. The molecule has 1 aromatic rings. The third kappa shape index (κ3) is 4.58. The Labute approximate surface area is 122 Å². The summed E-state index contributed by atoms with van der Waals surface area (Å²) >= 11 is 3.43. The molecule has 2 unspecified atom stereocenters. The molecule has 0 aliphatic carbocycles. The van der Waals surface area contributed by atoms with Crippen molar-refractivity contribution in [2.24, 2.45) is 5.92 Å². The standard InChI is InChI=1S/C14H21BrN2O2/c1-4-14(16-5-2)10(3)8-11-6-7-12(17(18)19)9-13(11)15/h6-7,9-10,14,16H,4-5,8H2,1-3H3. The van der Waals surface area contributed by atoms with Crippen LogP contribution in [0.2, 0.25) is 0 Å². The summed E-state index contributed by atoms with van der Waals surface area (Å²) in [4.78, 5) is 10.3. The first-order valence-electron chi connectivity index (χ1n) is 6.65. The summed E-state index contributed by atoms with van der Waals surface area (Å²) in [5, 5.41) is 14.2. The second-order valence-electron chi connectivity index (χ2n) is 4.79. The Morgan fingerprint density at radius 1 is 1.42 bits per heavy atom. The van der Waals surface area contributed by atoms with E-state index in [0.717, 1.165) is 29.4 Å². The Bertz CT molecular complexity index is 437. The molecular formula is C14H21BrN2O2. The molecule has 0 amide bonds. The molecule has 0 spiro atoms. The van der Waals surface area contributed by atoms with Crippen molar-refractivity contribution >= 4 is 21.6 Å². The zero-order chi connectivity index (χ0) is 14.4. The van der Waals surface area contributed by atoms with Crippen LogP contribution in [0.5, 0.6) is 0 Å². The van der Waals surface area contributed by atoms with Crippen molar-refractivity contribution in [2.45, 2.75) is 39.7 Å². The highest BCUT2D eigenvalue weighted by Gasteiger charge is 2.17. The second-order valence-corrected chi connectivity index (χ2v) is 5.64. The number of hydrogen-bond donors (Lipinski definition) is 1. The molecule has 0 radical (unpaired) electrons. The summed E-state index contributed by atoms with van der Waals surface area (Å²) in [6.07, 6.45) is 1.99. The van der Waals surface area contributed by atoms with Crippen LogP contribution in [0.3, 0.4) is 0 Å². The van der Waals surface area contributed by atoms with Gasteiger partial charge in [-0.25, -0.2) is 0 Å². The number of nitrogens with one attached hydrogen (secondary N) is 1. The van der Waals surface area contributed by atoms with Crippen LogP contribution in [0, 0.1) is 16.0 Å². The lowest BCUT2D eigenvalue weighted by Gasteiger charge is -2.24. The van der Waals surface area contributed by atoms with Crippen molar-refractivity contribution < 1.29 is 4.92 Å². The monoisotopic (exact) mass is 328 g/mol. The molecule has 0 saturated heterocycles. The second kappa shape index (κ2) is 7.60. The Morgan fingerprint density at radius 2 is 2.11 bits per heavy atom. The summed E-state index contributed by atoms with van der Waals surface area (Å²) in [6.45, 7) is 7.46. The lowest BCUT2D eigenvalue weighted by atomic mass is 9.92. The average molecular weight is 329 g/mol. The largest absolute Gasteiger partial charge is 0.314 e. The van der Waals surface area contributed by atoms with Gasteiger partial charge >= 0.3 is 0 Å². The van der Waals surface area contributed by atoms with E-state index in [2.05, 4.69) is 42.0 Å². The van der Waals surface area contributed by atoms with E-state index in [1.54, 1.807) is 12.1 Å². The number of rotatable bonds is 7.